The van der Waals surface area contributed by atoms with Gasteiger partial charge in [0, 0.05) is 11.6 Å². The predicted molar refractivity (Wildman–Crippen MR) is 56.2 cm³/mol. The monoisotopic (exact) mass is 183 g/mol. The molecule has 0 unspecified atom stereocenters. The molecule has 0 radical (unpaired) electrons. The second-order valence-electron chi connectivity index (χ2n) is 2.89. The molecule has 0 aliphatic carbocycles. The number of terminal acetylenes is 1. The van der Waals surface area contributed by atoms with E-state index in [0.29, 0.717) is 5.69 Å². The topological polar surface area (TPSA) is 22.1 Å². The molecule has 0 bridgehead atoms. The summed E-state index contributed by atoms with van der Waals surface area (Å²) >= 11 is 0. The molecule has 0 spiro atoms. The quantitative estimate of drug-likeness (QED) is 0.632. The summed E-state index contributed by atoms with van der Waals surface area (Å²) in [5.41, 5.74) is 0.654. The fourth-order valence-electron chi connectivity index (χ4n) is 1.39. The Balaban J connectivity index is 2.78. The van der Waals surface area contributed by atoms with Gasteiger partial charge in [-0.3, -0.25) is 0 Å². The smallest absolute Gasteiger partial charge is 0.120 e. The van der Waals surface area contributed by atoms with Crippen LogP contribution in [0.3, 0.4) is 0 Å². The Labute approximate surface area is 82.5 Å². The molecule has 68 valence electrons. The van der Waals surface area contributed by atoms with Crippen LogP contribution in [0.1, 0.15) is 5.69 Å². The molecule has 0 N–H and O–H groups in total. The molecule has 0 amide bonds. The third-order valence-electron chi connectivity index (χ3n) is 2.11. The lowest BCUT2D eigenvalue weighted by atomic mass is 10.1. The SMILES string of the molecule is C#Cc1nccc2ccc(OC)cc12. The third kappa shape index (κ3) is 1.29. The van der Waals surface area contributed by atoms with Crippen LogP contribution in [0.25, 0.3) is 10.8 Å². The minimum atomic E-state index is 0.654. The van der Waals surface area contributed by atoms with E-state index in [4.69, 9.17) is 11.2 Å². The summed E-state index contributed by atoms with van der Waals surface area (Å²) in [5, 5.41) is 2.03. The minimum Gasteiger partial charge on any atom is -0.497 e. The van der Waals surface area contributed by atoms with Crippen LogP contribution < -0.4 is 4.74 Å². The Kier molecular flexibility index (Phi) is 2.08. The number of nitrogens with zero attached hydrogens (tertiary/aromatic N) is 1. The van der Waals surface area contributed by atoms with Crippen molar-refractivity contribution < 1.29 is 4.74 Å². The van der Waals surface area contributed by atoms with E-state index >= 15 is 0 Å². The summed E-state index contributed by atoms with van der Waals surface area (Å²) in [5.74, 6) is 3.35. The molecule has 1 heterocycles. The molecule has 0 aliphatic rings. The number of rotatable bonds is 1. The number of ether oxygens (including phenoxy) is 1. The van der Waals surface area contributed by atoms with Gasteiger partial charge in [0.2, 0.25) is 0 Å². The number of methoxy groups -OCH3 is 1. The van der Waals surface area contributed by atoms with Gasteiger partial charge in [0.25, 0.3) is 0 Å². The first-order chi connectivity index (χ1) is 6.85. The first-order valence-corrected chi connectivity index (χ1v) is 4.24. The van der Waals surface area contributed by atoms with E-state index in [1.54, 1.807) is 13.3 Å². The number of hydrogen-bond acceptors (Lipinski definition) is 2. The maximum absolute atomic E-state index is 5.35. The summed E-state index contributed by atoms with van der Waals surface area (Å²) in [6.07, 6.45) is 7.07. The number of benzene rings is 1. The molecule has 2 nitrogen and oxygen atoms in total. The van der Waals surface area contributed by atoms with Crippen molar-refractivity contribution in [1.29, 1.82) is 0 Å². The molecule has 0 aliphatic heterocycles. The second kappa shape index (κ2) is 3.39. The van der Waals surface area contributed by atoms with Crippen molar-refractivity contribution in [3.05, 3.63) is 36.2 Å². The molecule has 1 aromatic carbocycles. The molecule has 14 heavy (non-hydrogen) atoms. The van der Waals surface area contributed by atoms with E-state index in [1.165, 1.54) is 0 Å². The van der Waals surface area contributed by atoms with Crippen molar-refractivity contribution in [1.82, 2.24) is 4.98 Å². The van der Waals surface area contributed by atoms with Crippen LogP contribution >= 0.6 is 0 Å². The largest absolute Gasteiger partial charge is 0.497 e. The lowest BCUT2D eigenvalue weighted by Crippen LogP contribution is -1.87. The highest BCUT2D eigenvalue weighted by molar-refractivity contribution is 5.87. The van der Waals surface area contributed by atoms with Crippen LogP contribution in [-0.4, -0.2) is 12.1 Å². The Morgan fingerprint density at radius 3 is 2.93 bits per heavy atom. The van der Waals surface area contributed by atoms with Crippen molar-refractivity contribution in [3.63, 3.8) is 0 Å². The summed E-state index contributed by atoms with van der Waals surface area (Å²) in [7, 11) is 1.63. The summed E-state index contributed by atoms with van der Waals surface area (Å²) in [4.78, 5) is 4.11. The third-order valence-corrected chi connectivity index (χ3v) is 2.11. The zero-order valence-electron chi connectivity index (χ0n) is 7.82. The van der Waals surface area contributed by atoms with Crippen LogP contribution in [0.5, 0.6) is 5.75 Å². The molecule has 0 atom stereocenters. The maximum Gasteiger partial charge on any atom is 0.120 e. The predicted octanol–water partition coefficient (Wildman–Crippen LogP) is 2.22. The van der Waals surface area contributed by atoms with Crippen molar-refractivity contribution in [3.8, 4) is 18.1 Å². The molecular formula is C12H9NO. The average Bonchev–Trinajstić information content (AvgIpc) is 2.27. The van der Waals surface area contributed by atoms with Crippen molar-refractivity contribution in [2.24, 2.45) is 0 Å². The Hall–Kier alpha value is -2.01. The lowest BCUT2D eigenvalue weighted by Gasteiger charge is -2.03. The van der Waals surface area contributed by atoms with Gasteiger partial charge in [-0.05, 0) is 29.5 Å². The van der Waals surface area contributed by atoms with Crippen LogP contribution in [0.2, 0.25) is 0 Å². The molecular weight excluding hydrogens is 174 g/mol. The molecule has 0 fully saturated rings. The van der Waals surface area contributed by atoms with E-state index in [0.717, 1.165) is 16.5 Å². The van der Waals surface area contributed by atoms with Crippen LogP contribution in [0, 0.1) is 12.3 Å². The van der Waals surface area contributed by atoms with Gasteiger partial charge in [0.05, 0.1) is 7.11 Å². The number of pyridine rings is 1. The average molecular weight is 183 g/mol. The van der Waals surface area contributed by atoms with Gasteiger partial charge < -0.3 is 4.74 Å². The first-order valence-electron chi connectivity index (χ1n) is 4.24. The van der Waals surface area contributed by atoms with Crippen LogP contribution in [-0.2, 0) is 0 Å². The van der Waals surface area contributed by atoms with Gasteiger partial charge in [-0.25, -0.2) is 4.98 Å². The highest BCUT2D eigenvalue weighted by atomic mass is 16.5. The number of hydrogen-bond donors (Lipinski definition) is 0. The molecule has 0 saturated carbocycles. The zero-order valence-corrected chi connectivity index (χ0v) is 7.82. The molecule has 1 aromatic heterocycles. The Morgan fingerprint density at radius 2 is 2.21 bits per heavy atom. The van der Waals surface area contributed by atoms with Crippen LogP contribution in [0.15, 0.2) is 30.5 Å². The molecule has 0 saturated heterocycles. The highest BCUT2D eigenvalue weighted by Crippen LogP contribution is 2.21. The standard InChI is InChI=1S/C12H9NO/c1-3-12-11-8-10(14-2)5-4-9(11)6-7-13-12/h1,4-8H,2H3. The molecule has 2 heteroatoms. The number of fused-ring (bicyclic) bond motifs is 1. The van der Waals surface area contributed by atoms with E-state index in [2.05, 4.69) is 10.9 Å². The van der Waals surface area contributed by atoms with Gasteiger partial charge >= 0.3 is 0 Å². The summed E-state index contributed by atoms with van der Waals surface area (Å²) < 4.78 is 5.13. The van der Waals surface area contributed by atoms with E-state index in [9.17, 15) is 0 Å². The zero-order chi connectivity index (χ0) is 9.97. The summed E-state index contributed by atoms with van der Waals surface area (Å²) in [6.45, 7) is 0. The molecule has 2 rings (SSSR count). The Bertz CT molecular complexity index is 511. The fraction of sp³-hybridized carbons (Fsp3) is 0.0833. The van der Waals surface area contributed by atoms with Crippen molar-refractivity contribution in [2.75, 3.05) is 7.11 Å². The summed E-state index contributed by atoms with van der Waals surface area (Å²) in [6, 6.07) is 7.70. The van der Waals surface area contributed by atoms with E-state index < -0.39 is 0 Å². The minimum absolute atomic E-state index is 0.654. The van der Waals surface area contributed by atoms with Crippen LogP contribution in [0.4, 0.5) is 0 Å². The first kappa shape index (κ1) is 8.58. The second-order valence-corrected chi connectivity index (χ2v) is 2.89. The van der Waals surface area contributed by atoms with Gasteiger partial charge in [-0.2, -0.15) is 0 Å². The highest BCUT2D eigenvalue weighted by Gasteiger charge is 2.00. The van der Waals surface area contributed by atoms with E-state index in [1.807, 2.05) is 24.3 Å². The maximum atomic E-state index is 5.35. The normalized spacial score (nSPS) is 9.71. The van der Waals surface area contributed by atoms with Gasteiger partial charge in [0.1, 0.15) is 11.4 Å². The van der Waals surface area contributed by atoms with E-state index in [-0.39, 0.29) is 0 Å². The van der Waals surface area contributed by atoms with Gasteiger partial charge in [-0.1, -0.05) is 6.07 Å². The van der Waals surface area contributed by atoms with Crippen molar-refractivity contribution >= 4 is 10.8 Å². The lowest BCUT2D eigenvalue weighted by molar-refractivity contribution is 0.415. The Morgan fingerprint density at radius 1 is 1.36 bits per heavy atom. The molecule has 2 aromatic rings. The van der Waals surface area contributed by atoms with Gasteiger partial charge in [-0.15, -0.1) is 6.42 Å². The fourth-order valence-corrected chi connectivity index (χ4v) is 1.39. The van der Waals surface area contributed by atoms with Gasteiger partial charge in [0.15, 0.2) is 0 Å². The van der Waals surface area contributed by atoms with Crippen molar-refractivity contribution in [2.45, 2.75) is 0 Å². The number of aromatic nitrogens is 1.